The molecule has 9 heteroatoms. The van der Waals surface area contributed by atoms with Crippen LogP contribution in [0.4, 0.5) is 11.8 Å². The van der Waals surface area contributed by atoms with Gasteiger partial charge in [-0.2, -0.15) is 10.1 Å². The molecule has 0 bridgehead atoms. The van der Waals surface area contributed by atoms with Crippen LogP contribution in [0.25, 0.3) is 11.0 Å². The first kappa shape index (κ1) is 23.5. The first-order valence-electron chi connectivity index (χ1n) is 10.9. The number of benzene rings is 1. The fraction of sp³-hybridized carbons (Fsp3) is 0.478. The van der Waals surface area contributed by atoms with Crippen LogP contribution in [0.3, 0.4) is 0 Å². The molecule has 3 N–H and O–H groups in total. The van der Waals surface area contributed by atoms with Gasteiger partial charge in [-0.1, -0.05) is 26.0 Å². The summed E-state index contributed by atoms with van der Waals surface area (Å²) in [7, 11) is 0. The van der Waals surface area contributed by atoms with Crippen LogP contribution in [-0.4, -0.2) is 43.5 Å². The lowest BCUT2D eigenvalue weighted by atomic mass is 10.1. The third kappa shape index (κ3) is 5.53. The van der Waals surface area contributed by atoms with E-state index in [4.69, 9.17) is 14.8 Å². The Balaban J connectivity index is 2.02. The third-order valence-corrected chi connectivity index (χ3v) is 4.78. The molecule has 1 aromatic carbocycles. The number of esters is 1. The summed E-state index contributed by atoms with van der Waals surface area (Å²) in [6.07, 6.45) is -0.530. The fourth-order valence-electron chi connectivity index (χ4n) is 3.34. The maximum Gasteiger partial charge on any atom is 0.308 e. The third-order valence-electron chi connectivity index (χ3n) is 4.78. The number of nitrogens with one attached hydrogen (secondary N) is 2. The molecule has 0 saturated carbocycles. The van der Waals surface area contributed by atoms with Crippen LogP contribution in [-0.2, 0) is 11.3 Å². The van der Waals surface area contributed by atoms with Gasteiger partial charge >= 0.3 is 5.97 Å². The average Bonchev–Trinajstić information content (AvgIpc) is 3.10. The Morgan fingerprint density at radius 2 is 1.91 bits per heavy atom. The number of ether oxygens (including phenoxy) is 1. The highest BCUT2D eigenvalue weighted by atomic mass is 16.5. The molecule has 0 saturated heterocycles. The number of anilines is 2. The van der Waals surface area contributed by atoms with Crippen LogP contribution in [0, 0.1) is 0 Å². The zero-order valence-corrected chi connectivity index (χ0v) is 19.5. The number of aliphatic hydroxyl groups excluding tert-OH is 1. The van der Waals surface area contributed by atoms with Gasteiger partial charge in [-0.05, 0) is 44.4 Å². The minimum atomic E-state index is -0.530. The van der Waals surface area contributed by atoms with E-state index in [-0.39, 0.29) is 17.9 Å². The monoisotopic (exact) mass is 440 g/mol. The molecule has 0 spiro atoms. The van der Waals surface area contributed by atoms with Crippen molar-refractivity contribution in [3.05, 3.63) is 35.5 Å². The molecular weight excluding hydrogens is 408 g/mol. The van der Waals surface area contributed by atoms with Crippen molar-refractivity contribution in [1.29, 1.82) is 0 Å². The summed E-state index contributed by atoms with van der Waals surface area (Å²) in [5, 5.41) is 21.0. The molecule has 0 aliphatic rings. The van der Waals surface area contributed by atoms with Crippen molar-refractivity contribution in [2.75, 3.05) is 17.2 Å². The average molecular weight is 441 g/mol. The zero-order valence-electron chi connectivity index (χ0n) is 19.5. The Hall–Kier alpha value is -3.20. The number of aliphatic hydroxyl groups is 1. The Morgan fingerprint density at radius 3 is 2.53 bits per heavy atom. The zero-order chi connectivity index (χ0) is 23.4. The standard InChI is InChI=1S/C23H32N6O3/c1-13(2)19-20-21(29(28-19)14(3)4)22(27-23(26-20)25-11-15(5)30)24-12-17-8-7-9-18(10-17)32-16(6)31/h7-10,13-15,30H,11-12H2,1-6H3,(H2,24,25,26,27). The van der Waals surface area contributed by atoms with E-state index in [2.05, 4.69) is 43.3 Å². The van der Waals surface area contributed by atoms with E-state index in [1.54, 1.807) is 13.0 Å². The first-order chi connectivity index (χ1) is 15.2. The summed E-state index contributed by atoms with van der Waals surface area (Å²) >= 11 is 0. The van der Waals surface area contributed by atoms with Crippen LogP contribution in [0.15, 0.2) is 24.3 Å². The van der Waals surface area contributed by atoms with Gasteiger partial charge < -0.3 is 20.5 Å². The number of rotatable bonds is 9. The fourth-order valence-corrected chi connectivity index (χ4v) is 3.34. The van der Waals surface area contributed by atoms with Gasteiger partial charge in [0.2, 0.25) is 5.95 Å². The molecule has 1 unspecified atom stereocenters. The van der Waals surface area contributed by atoms with Gasteiger partial charge in [0, 0.05) is 26.1 Å². The van der Waals surface area contributed by atoms with Crippen molar-refractivity contribution in [2.45, 2.75) is 66.2 Å². The molecule has 0 aliphatic heterocycles. The van der Waals surface area contributed by atoms with Crippen molar-refractivity contribution >= 4 is 28.8 Å². The Labute approximate surface area is 188 Å². The predicted molar refractivity (Wildman–Crippen MR) is 125 cm³/mol. The molecule has 32 heavy (non-hydrogen) atoms. The number of fused-ring (bicyclic) bond motifs is 1. The van der Waals surface area contributed by atoms with E-state index in [1.165, 1.54) is 6.92 Å². The van der Waals surface area contributed by atoms with E-state index < -0.39 is 6.10 Å². The molecule has 3 rings (SSSR count). The van der Waals surface area contributed by atoms with Crippen molar-refractivity contribution in [1.82, 2.24) is 19.7 Å². The quantitative estimate of drug-likeness (QED) is 0.339. The summed E-state index contributed by atoms with van der Waals surface area (Å²) in [4.78, 5) is 20.7. The molecule has 0 aliphatic carbocycles. The first-order valence-corrected chi connectivity index (χ1v) is 10.9. The highest BCUT2D eigenvalue weighted by Crippen LogP contribution is 2.31. The van der Waals surface area contributed by atoms with Gasteiger partial charge in [-0.15, -0.1) is 0 Å². The number of hydrogen-bond acceptors (Lipinski definition) is 8. The molecule has 1 atom stereocenters. The number of hydrogen-bond donors (Lipinski definition) is 3. The topological polar surface area (TPSA) is 114 Å². The highest BCUT2D eigenvalue weighted by molar-refractivity contribution is 5.89. The normalized spacial score (nSPS) is 12.4. The van der Waals surface area contributed by atoms with Gasteiger partial charge in [0.15, 0.2) is 5.82 Å². The Bertz CT molecular complexity index is 1090. The van der Waals surface area contributed by atoms with Gasteiger partial charge in [0.1, 0.15) is 16.8 Å². The van der Waals surface area contributed by atoms with Crippen LogP contribution in [0.1, 0.15) is 64.8 Å². The van der Waals surface area contributed by atoms with E-state index >= 15 is 0 Å². The second-order valence-electron chi connectivity index (χ2n) is 8.50. The Kier molecular flexibility index (Phi) is 7.29. The highest BCUT2D eigenvalue weighted by Gasteiger charge is 2.22. The lowest BCUT2D eigenvalue weighted by Crippen LogP contribution is -2.18. The summed E-state index contributed by atoms with van der Waals surface area (Å²) in [6, 6.07) is 7.48. The maximum absolute atomic E-state index is 11.3. The largest absolute Gasteiger partial charge is 0.427 e. The molecule has 9 nitrogen and oxygen atoms in total. The Morgan fingerprint density at radius 1 is 1.16 bits per heavy atom. The molecule has 0 fully saturated rings. The lowest BCUT2D eigenvalue weighted by molar-refractivity contribution is -0.131. The van der Waals surface area contributed by atoms with Gasteiger partial charge in [-0.25, -0.2) is 4.98 Å². The van der Waals surface area contributed by atoms with Gasteiger partial charge in [0.25, 0.3) is 0 Å². The summed E-state index contributed by atoms with van der Waals surface area (Å²) in [5.41, 5.74) is 3.46. The SMILES string of the molecule is CC(=O)Oc1cccc(CNc2nc(NCC(C)O)nc3c(C(C)C)nn(C(C)C)c23)c1. The molecule has 2 heterocycles. The molecule has 0 amide bonds. The lowest BCUT2D eigenvalue weighted by Gasteiger charge is -2.14. The predicted octanol–water partition coefficient (Wildman–Crippen LogP) is 3.86. The van der Waals surface area contributed by atoms with Crippen molar-refractivity contribution in [2.24, 2.45) is 0 Å². The van der Waals surface area contributed by atoms with Crippen LogP contribution < -0.4 is 15.4 Å². The minimum absolute atomic E-state index is 0.123. The maximum atomic E-state index is 11.3. The molecular formula is C23H32N6O3. The van der Waals surface area contributed by atoms with Crippen LogP contribution in [0.5, 0.6) is 5.75 Å². The van der Waals surface area contributed by atoms with E-state index in [0.717, 1.165) is 22.3 Å². The van der Waals surface area contributed by atoms with Crippen LogP contribution >= 0.6 is 0 Å². The van der Waals surface area contributed by atoms with Gasteiger partial charge in [-0.3, -0.25) is 9.48 Å². The number of carbonyl (C=O) groups is 1. The summed E-state index contributed by atoms with van der Waals surface area (Å²) in [6.45, 7) is 12.2. The van der Waals surface area contributed by atoms with E-state index in [0.29, 0.717) is 30.6 Å². The smallest absolute Gasteiger partial charge is 0.308 e. The number of nitrogens with zero attached hydrogens (tertiary/aromatic N) is 4. The number of carbonyl (C=O) groups excluding carboxylic acids is 1. The molecule has 2 aromatic heterocycles. The summed E-state index contributed by atoms with van der Waals surface area (Å²) < 4.78 is 7.14. The van der Waals surface area contributed by atoms with Crippen molar-refractivity contribution in [3.8, 4) is 5.75 Å². The van der Waals surface area contributed by atoms with E-state index in [1.807, 2.05) is 22.9 Å². The van der Waals surface area contributed by atoms with Crippen molar-refractivity contribution in [3.63, 3.8) is 0 Å². The van der Waals surface area contributed by atoms with Crippen molar-refractivity contribution < 1.29 is 14.6 Å². The van der Waals surface area contributed by atoms with Gasteiger partial charge in [0.05, 0.1) is 11.8 Å². The van der Waals surface area contributed by atoms with Crippen LogP contribution in [0.2, 0.25) is 0 Å². The second-order valence-corrected chi connectivity index (χ2v) is 8.50. The molecule has 3 aromatic rings. The number of aromatic nitrogens is 4. The second kappa shape index (κ2) is 9.95. The summed E-state index contributed by atoms with van der Waals surface area (Å²) in [5.74, 6) is 1.40. The minimum Gasteiger partial charge on any atom is -0.427 e. The molecule has 172 valence electrons. The van der Waals surface area contributed by atoms with E-state index in [9.17, 15) is 9.90 Å². The molecule has 0 radical (unpaired) electrons.